The fourth-order valence-electron chi connectivity index (χ4n) is 2.81. The van der Waals surface area contributed by atoms with E-state index in [9.17, 15) is 9.59 Å². The zero-order valence-corrected chi connectivity index (χ0v) is 16.2. The number of thiophene rings is 1. The average molecular weight is 396 g/mol. The molecule has 0 saturated carbocycles. The van der Waals surface area contributed by atoms with E-state index in [1.807, 2.05) is 31.2 Å². The second-order valence-corrected chi connectivity index (χ2v) is 7.25. The molecule has 28 heavy (non-hydrogen) atoms. The Morgan fingerprint density at radius 3 is 2.71 bits per heavy atom. The molecule has 4 aromatic rings. The van der Waals surface area contributed by atoms with Crippen molar-refractivity contribution in [3.63, 3.8) is 0 Å². The highest BCUT2D eigenvalue weighted by Gasteiger charge is 2.20. The first-order valence-corrected chi connectivity index (χ1v) is 9.23. The number of ether oxygens (including phenoxy) is 1. The van der Waals surface area contributed by atoms with Crippen LogP contribution in [0.3, 0.4) is 0 Å². The molecule has 1 aromatic carbocycles. The number of methoxy groups -OCH3 is 1. The van der Waals surface area contributed by atoms with Gasteiger partial charge in [-0.05, 0) is 24.6 Å². The van der Waals surface area contributed by atoms with Crippen molar-refractivity contribution >= 4 is 27.5 Å². The van der Waals surface area contributed by atoms with E-state index in [0.29, 0.717) is 32.3 Å². The SMILES string of the molecule is COC(=O)c1sc2nc(Cn3nnc(-c4ccc(C)cc4)n3)[nH]c(=O)c2c1C. The van der Waals surface area contributed by atoms with Crippen LogP contribution in [0.4, 0.5) is 0 Å². The standard InChI is InChI=1S/C18H16N6O3S/c1-9-4-6-11(7-5-9)15-21-23-24(22-15)8-12-19-16(25)13-10(2)14(18(26)27-3)28-17(13)20-12/h4-7H,8H2,1-3H3,(H,19,20,25). The first-order chi connectivity index (χ1) is 13.5. The lowest BCUT2D eigenvalue weighted by molar-refractivity contribution is 0.0605. The summed E-state index contributed by atoms with van der Waals surface area (Å²) in [6.07, 6.45) is 0. The van der Waals surface area contributed by atoms with Crippen LogP contribution < -0.4 is 5.56 Å². The van der Waals surface area contributed by atoms with Crippen LogP contribution >= 0.6 is 11.3 Å². The molecule has 0 bridgehead atoms. The third-order valence-electron chi connectivity index (χ3n) is 4.27. The molecule has 3 aromatic heterocycles. The summed E-state index contributed by atoms with van der Waals surface area (Å²) in [5.74, 6) is 0.383. The zero-order valence-electron chi connectivity index (χ0n) is 15.4. The van der Waals surface area contributed by atoms with E-state index in [1.54, 1.807) is 6.92 Å². The first-order valence-electron chi connectivity index (χ1n) is 8.41. The number of nitrogens with one attached hydrogen (secondary N) is 1. The molecule has 0 atom stereocenters. The molecule has 0 aliphatic heterocycles. The zero-order chi connectivity index (χ0) is 19.8. The lowest BCUT2D eigenvalue weighted by Crippen LogP contribution is -2.15. The topological polar surface area (TPSA) is 116 Å². The number of fused-ring (bicyclic) bond motifs is 1. The molecule has 9 nitrogen and oxygen atoms in total. The van der Waals surface area contributed by atoms with Gasteiger partial charge in [0.1, 0.15) is 22.1 Å². The Hall–Kier alpha value is -3.40. The number of carbonyl (C=O) groups is 1. The average Bonchev–Trinajstić information content (AvgIpc) is 3.26. The van der Waals surface area contributed by atoms with Crippen LogP contribution in [0.2, 0.25) is 0 Å². The van der Waals surface area contributed by atoms with Gasteiger partial charge in [-0.1, -0.05) is 29.8 Å². The predicted molar refractivity (Wildman–Crippen MR) is 103 cm³/mol. The van der Waals surface area contributed by atoms with Crippen molar-refractivity contribution in [1.29, 1.82) is 0 Å². The van der Waals surface area contributed by atoms with E-state index in [2.05, 4.69) is 25.4 Å². The van der Waals surface area contributed by atoms with Gasteiger partial charge >= 0.3 is 5.97 Å². The minimum Gasteiger partial charge on any atom is -0.465 e. The third-order valence-corrected chi connectivity index (χ3v) is 5.44. The Balaban J connectivity index is 1.66. The molecule has 0 aliphatic carbocycles. The summed E-state index contributed by atoms with van der Waals surface area (Å²) < 4.78 is 4.76. The molecule has 0 saturated heterocycles. The summed E-state index contributed by atoms with van der Waals surface area (Å²) in [6.45, 7) is 3.85. The van der Waals surface area contributed by atoms with E-state index >= 15 is 0 Å². The lowest BCUT2D eigenvalue weighted by atomic mass is 10.1. The summed E-state index contributed by atoms with van der Waals surface area (Å²) in [4.78, 5) is 33.7. The number of aromatic amines is 1. The van der Waals surface area contributed by atoms with Crippen LogP contribution in [0.25, 0.3) is 21.6 Å². The van der Waals surface area contributed by atoms with Gasteiger partial charge in [-0.2, -0.15) is 4.80 Å². The second kappa shape index (κ2) is 6.97. The first kappa shape index (κ1) is 18.0. The van der Waals surface area contributed by atoms with Crippen molar-refractivity contribution in [2.75, 3.05) is 7.11 Å². The monoisotopic (exact) mass is 396 g/mol. The Morgan fingerprint density at radius 2 is 2.00 bits per heavy atom. The van der Waals surface area contributed by atoms with Gasteiger partial charge in [0.15, 0.2) is 0 Å². The van der Waals surface area contributed by atoms with Gasteiger partial charge in [0.05, 0.1) is 12.5 Å². The van der Waals surface area contributed by atoms with Gasteiger partial charge in [0, 0.05) is 5.56 Å². The van der Waals surface area contributed by atoms with E-state index in [-0.39, 0.29) is 12.1 Å². The van der Waals surface area contributed by atoms with Gasteiger partial charge in [-0.15, -0.1) is 21.5 Å². The highest BCUT2D eigenvalue weighted by Crippen LogP contribution is 2.27. The minimum atomic E-state index is -0.484. The second-order valence-electron chi connectivity index (χ2n) is 6.25. The van der Waals surface area contributed by atoms with Crippen molar-refractivity contribution in [3.8, 4) is 11.4 Å². The number of hydrogen-bond donors (Lipinski definition) is 1. The van der Waals surface area contributed by atoms with E-state index in [0.717, 1.165) is 22.5 Å². The van der Waals surface area contributed by atoms with Gasteiger partial charge in [-0.25, -0.2) is 9.78 Å². The third kappa shape index (κ3) is 3.18. The van der Waals surface area contributed by atoms with Crippen molar-refractivity contribution in [2.45, 2.75) is 20.4 Å². The molecule has 4 rings (SSSR count). The van der Waals surface area contributed by atoms with Crippen LogP contribution in [0.15, 0.2) is 29.1 Å². The van der Waals surface area contributed by atoms with E-state index < -0.39 is 5.97 Å². The van der Waals surface area contributed by atoms with Gasteiger partial charge < -0.3 is 9.72 Å². The number of carbonyl (C=O) groups excluding carboxylic acids is 1. The smallest absolute Gasteiger partial charge is 0.348 e. The Morgan fingerprint density at radius 1 is 1.25 bits per heavy atom. The molecule has 1 N–H and O–H groups in total. The molecular formula is C18H16N6O3S. The maximum absolute atomic E-state index is 12.5. The minimum absolute atomic E-state index is 0.147. The number of hydrogen-bond acceptors (Lipinski definition) is 8. The summed E-state index contributed by atoms with van der Waals surface area (Å²) in [5.41, 5.74) is 2.24. The number of aromatic nitrogens is 6. The lowest BCUT2D eigenvalue weighted by Gasteiger charge is -2.00. The summed E-state index contributed by atoms with van der Waals surface area (Å²) in [5, 5.41) is 12.8. The molecular weight excluding hydrogens is 380 g/mol. The maximum Gasteiger partial charge on any atom is 0.348 e. The van der Waals surface area contributed by atoms with Crippen LogP contribution in [0.1, 0.15) is 26.6 Å². The fraction of sp³-hybridized carbons (Fsp3) is 0.222. The quantitative estimate of drug-likeness (QED) is 0.525. The highest BCUT2D eigenvalue weighted by molar-refractivity contribution is 7.20. The number of tetrazole rings is 1. The molecule has 0 amide bonds. The number of H-pyrrole nitrogens is 1. The fourth-order valence-corrected chi connectivity index (χ4v) is 3.93. The molecule has 0 spiro atoms. The molecule has 0 aliphatic rings. The normalized spacial score (nSPS) is 11.1. The number of benzene rings is 1. The van der Waals surface area contributed by atoms with Crippen LogP contribution in [0, 0.1) is 13.8 Å². The molecule has 3 heterocycles. The molecule has 142 valence electrons. The number of esters is 1. The van der Waals surface area contributed by atoms with Crippen LogP contribution in [-0.4, -0.2) is 43.3 Å². The Labute approximate surface area is 163 Å². The number of rotatable bonds is 4. The number of aryl methyl sites for hydroxylation is 2. The highest BCUT2D eigenvalue weighted by atomic mass is 32.1. The van der Waals surface area contributed by atoms with Crippen LogP contribution in [0.5, 0.6) is 0 Å². The van der Waals surface area contributed by atoms with Crippen molar-refractivity contribution in [3.05, 3.63) is 56.4 Å². The predicted octanol–water partition coefficient (Wildman–Crippen LogP) is 2.09. The molecule has 0 fully saturated rings. The number of nitrogens with zero attached hydrogens (tertiary/aromatic N) is 5. The van der Waals surface area contributed by atoms with Crippen molar-refractivity contribution < 1.29 is 9.53 Å². The molecule has 0 radical (unpaired) electrons. The Kier molecular flexibility index (Phi) is 4.47. The molecule has 0 unspecified atom stereocenters. The van der Waals surface area contributed by atoms with Crippen molar-refractivity contribution in [1.82, 2.24) is 30.2 Å². The van der Waals surface area contributed by atoms with E-state index in [1.165, 1.54) is 11.9 Å². The summed E-state index contributed by atoms with van der Waals surface area (Å²) in [7, 11) is 1.30. The Bertz CT molecular complexity index is 1240. The van der Waals surface area contributed by atoms with E-state index in [4.69, 9.17) is 4.74 Å². The van der Waals surface area contributed by atoms with Crippen LogP contribution in [-0.2, 0) is 11.3 Å². The maximum atomic E-state index is 12.5. The van der Waals surface area contributed by atoms with Crippen molar-refractivity contribution in [2.24, 2.45) is 0 Å². The van der Waals surface area contributed by atoms with Gasteiger partial charge in [0.2, 0.25) is 5.82 Å². The summed E-state index contributed by atoms with van der Waals surface area (Å²) in [6, 6.07) is 7.79. The van der Waals surface area contributed by atoms with Gasteiger partial charge in [-0.3, -0.25) is 4.79 Å². The molecule has 10 heteroatoms. The summed E-state index contributed by atoms with van der Waals surface area (Å²) >= 11 is 1.13. The largest absolute Gasteiger partial charge is 0.465 e. The van der Waals surface area contributed by atoms with Gasteiger partial charge in [0.25, 0.3) is 5.56 Å².